The molecule has 1 N–H and O–H groups in total. The summed E-state index contributed by atoms with van der Waals surface area (Å²) in [6, 6.07) is 8.22. The number of nitrogens with zero attached hydrogens (tertiary/aromatic N) is 1. The fraction of sp³-hybridized carbons (Fsp3) is 0.533. The van der Waals surface area contributed by atoms with Gasteiger partial charge in [0, 0.05) is 17.6 Å². The highest BCUT2D eigenvalue weighted by Gasteiger charge is 2.46. The highest BCUT2D eigenvalue weighted by Crippen LogP contribution is 2.38. The average molecular weight is 326 g/mol. The van der Waals surface area contributed by atoms with Crippen molar-refractivity contribution < 1.29 is 9.90 Å². The minimum absolute atomic E-state index is 0.167. The van der Waals surface area contributed by atoms with Gasteiger partial charge in [-0.3, -0.25) is 9.69 Å². The Balaban J connectivity index is 2.05. The largest absolute Gasteiger partial charge is 0.481 e. The molecule has 3 nitrogen and oxygen atoms in total. The molecule has 4 heteroatoms. The van der Waals surface area contributed by atoms with E-state index in [4.69, 9.17) is 0 Å². The minimum Gasteiger partial charge on any atom is -0.481 e. The SMILES string of the molecule is CC(C)C1(C(=O)O)CCN(Cc2ccc(Br)cc2)C1. The predicted molar refractivity (Wildman–Crippen MR) is 78.9 cm³/mol. The molecule has 0 radical (unpaired) electrons. The Hall–Kier alpha value is -0.870. The number of benzene rings is 1. The second-order valence-electron chi connectivity index (χ2n) is 5.70. The van der Waals surface area contributed by atoms with Gasteiger partial charge >= 0.3 is 5.97 Å². The number of likely N-dealkylation sites (tertiary alicyclic amines) is 1. The maximum absolute atomic E-state index is 11.6. The van der Waals surface area contributed by atoms with Crippen molar-refractivity contribution in [2.24, 2.45) is 11.3 Å². The van der Waals surface area contributed by atoms with Crippen LogP contribution in [0.4, 0.5) is 0 Å². The van der Waals surface area contributed by atoms with E-state index < -0.39 is 11.4 Å². The summed E-state index contributed by atoms with van der Waals surface area (Å²) in [6.45, 7) is 6.36. The van der Waals surface area contributed by atoms with Gasteiger partial charge in [-0.25, -0.2) is 0 Å². The fourth-order valence-corrected chi connectivity index (χ4v) is 3.05. The number of hydrogen-bond donors (Lipinski definition) is 1. The quantitative estimate of drug-likeness (QED) is 0.922. The summed E-state index contributed by atoms with van der Waals surface area (Å²) >= 11 is 3.42. The van der Waals surface area contributed by atoms with E-state index in [0.717, 1.165) is 24.0 Å². The van der Waals surface area contributed by atoms with Gasteiger partial charge in [-0.1, -0.05) is 41.9 Å². The molecule has 1 aromatic rings. The third kappa shape index (κ3) is 3.00. The predicted octanol–water partition coefficient (Wildman–Crippen LogP) is 3.38. The molecule has 0 aromatic heterocycles. The van der Waals surface area contributed by atoms with Gasteiger partial charge in [0.25, 0.3) is 0 Å². The van der Waals surface area contributed by atoms with Crippen LogP contribution in [0.25, 0.3) is 0 Å². The number of halogens is 1. The smallest absolute Gasteiger partial charge is 0.311 e. The van der Waals surface area contributed by atoms with Crippen LogP contribution >= 0.6 is 15.9 Å². The van der Waals surface area contributed by atoms with E-state index >= 15 is 0 Å². The van der Waals surface area contributed by atoms with Crippen molar-refractivity contribution in [3.63, 3.8) is 0 Å². The van der Waals surface area contributed by atoms with Crippen molar-refractivity contribution >= 4 is 21.9 Å². The summed E-state index contributed by atoms with van der Waals surface area (Å²) in [5, 5.41) is 9.52. The van der Waals surface area contributed by atoms with E-state index in [1.165, 1.54) is 5.56 Å². The van der Waals surface area contributed by atoms with Crippen LogP contribution in [0.5, 0.6) is 0 Å². The molecule has 1 saturated heterocycles. The standard InChI is InChI=1S/C15H20BrNO2/c1-11(2)15(14(18)19)7-8-17(10-15)9-12-3-5-13(16)6-4-12/h3-6,11H,7-10H2,1-2H3,(H,18,19). The molecular weight excluding hydrogens is 306 g/mol. The average Bonchev–Trinajstić information content (AvgIpc) is 2.77. The molecule has 1 aliphatic rings. The number of carboxylic acids is 1. The molecule has 0 spiro atoms. The summed E-state index contributed by atoms with van der Waals surface area (Å²) in [7, 11) is 0. The van der Waals surface area contributed by atoms with Crippen LogP contribution in [-0.2, 0) is 11.3 Å². The molecule has 1 atom stereocenters. The van der Waals surface area contributed by atoms with Gasteiger partial charge < -0.3 is 5.11 Å². The Kier molecular flexibility index (Phi) is 4.31. The first-order chi connectivity index (χ1) is 8.94. The summed E-state index contributed by atoms with van der Waals surface area (Å²) in [6.07, 6.45) is 0.747. The lowest BCUT2D eigenvalue weighted by Crippen LogP contribution is -2.39. The summed E-state index contributed by atoms with van der Waals surface area (Å²) in [5.74, 6) is -0.485. The number of hydrogen-bond acceptors (Lipinski definition) is 2. The zero-order chi connectivity index (χ0) is 14.0. The molecule has 1 fully saturated rings. The van der Waals surface area contributed by atoms with Crippen molar-refractivity contribution in [1.82, 2.24) is 4.90 Å². The third-order valence-electron chi connectivity index (χ3n) is 4.23. The maximum Gasteiger partial charge on any atom is 0.311 e. The lowest BCUT2D eigenvalue weighted by atomic mass is 9.76. The van der Waals surface area contributed by atoms with Crippen LogP contribution < -0.4 is 0 Å². The molecule has 0 aliphatic carbocycles. The number of aliphatic carboxylic acids is 1. The second-order valence-corrected chi connectivity index (χ2v) is 6.62. The Morgan fingerprint density at radius 3 is 2.53 bits per heavy atom. The van der Waals surface area contributed by atoms with Gasteiger partial charge in [-0.2, -0.15) is 0 Å². The van der Waals surface area contributed by atoms with Crippen molar-refractivity contribution in [2.45, 2.75) is 26.8 Å². The zero-order valence-electron chi connectivity index (χ0n) is 11.4. The van der Waals surface area contributed by atoms with E-state index in [-0.39, 0.29) is 5.92 Å². The highest BCUT2D eigenvalue weighted by molar-refractivity contribution is 9.10. The first kappa shape index (κ1) is 14.5. The normalized spacial score (nSPS) is 24.0. The lowest BCUT2D eigenvalue weighted by Gasteiger charge is -2.28. The van der Waals surface area contributed by atoms with Crippen LogP contribution in [0.1, 0.15) is 25.8 Å². The Bertz CT molecular complexity index is 458. The molecule has 104 valence electrons. The Morgan fingerprint density at radius 2 is 2.05 bits per heavy atom. The van der Waals surface area contributed by atoms with Gasteiger partial charge in [-0.05, 0) is 36.6 Å². The molecule has 1 unspecified atom stereocenters. The van der Waals surface area contributed by atoms with Crippen LogP contribution in [-0.4, -0.2) is 29.1 Å². The van der Waals surface area contributed by atoms with Crippen LogP contribution in [0, 0.1) is 11.3 Å². The number of carboxylic acid groups (broad SMARTS) is 1. The lowest BCUT2D eigenvalue weighted by molar-refractivity contribution is -0.151. The van der Waals surface area contributed by atoms with Crippen molar-refractivity contribution in [2.75, 3.05) is 13.1 Å². The van der Waals surface area contributed by atoms with Gasteiger partial charge in [-0.15, -0.1) is 0 Å². The zero-order valence-corrected chi connectivity index (χ0v) is 13.0. The monoisotopic (exact) mass is 325 g/mol. The summed E-state index contributed by atoms with van der Waals surface area (Å²) < 4.78 is 1.07. The van der Waals surface area contributed by atoms with E-state index in [1.807, 2.05) is 26.0 Å². The van der Waals surface area contributed by atoms with Crippen LogP contribution in [0.3, 0.4) is 0 Å². The number of carbonyl (C=O) groups is 1. The first-order valence-electron chi connectivity index (χ1n) is 6.64. The first-order valence-corrected chi connectivity index (χ1v) is 7.43. The Labute approximate surface area is 122 Å². The Morgan fingerprint density at radius 1 is 1.42 bits per heavy atom. The third-order valence-corrected chi connectivity index (χ3v) is 4.76. The minimum atomic E-state index is -0.652. The van der Waals surface area contributed by atoms with Crippen LogP contribution in [0.2, 0.25) is 0 Å². The molecule has 1 aliphatic heterocycles. The second kappa shape index (κ2) is 5.63. The van der Waals surface area contributed by atoms with E-state index in [0.29, 0.717) is 6.54 Å². The molecular formula is C15H20BrNO2. The molecule has 0 saturated carbocycles. The number of rotatable bonds is 4. The van der Waals surface area contributed by atoms with Crippen LogP contribution in [0.15, 0.2) is 28.7 Å². The van der Waals surface area contributed by atoms with Crippen molar-refractivity contribution in [1.29, 1.82) is 0 Å². The van der Waals surface area contributed by atoms with Gasteiger partial charge in [0.2, 0.25) is 0 Å². The van der Waals surface area contributed by atoms with E-state index in [1.54, 1.807) is 0 Å². The van der Waals surface area contributed by atoms with E-state index in [9.17, 15) is 9.90 Å². The molecule has 1 aromatic carbocycles. The highest BCUT2D eigenvalue weighted by atomic mass is 79.9. The van der Waals surface area contributed by atoms with Gasteiger partial charge in [0.05, 0.1) is 5.41 Å². The molecule has 0 bridgehead atoms. The maximum atomic E-state index is 11.6. The topological polar surface area (TPSA) is 40.5 Å². The van der Waals surface area contributed by atoms with Crippen molar-refractivity contribution in [3.8, 4) is 0 Å². The van der Waals surface area contributed by atoms with Gasteiger partial charge in [0.15, 0.2) is 0 Å². The summed E-state index contributed by atoms with van der Waals surface area (Å²) in [5.41, 5.74) is 0.656. The molecule has 2 rings (SSSR count). The molecule has 19 heavy (non-hydrogen) atoms. The molecule has 0 amide bonds. The molecule has 1 heterocycles. The van der Waals surface area contributed by atoms with E-state index in [2.05, 4.69) is 33.0 Å². The van der Waals surface area contributed by atoms with Crippen molar-refractivity contribution in [3.05, 3.63) is 34.3 Å². The van der Waals surface area contributed by atoms with Gasteiger partial charge in [0.1, 0.15) is 0 Å². The summed E-state index contributed by atoms with van der Waals surface area (Å²) in [4.78, 5) is 13.8. The fourth-order valence-electron chi connectivity index (χ4n) is 2.79.